The molecule has 0 saturated heterocycles. The minimum Gasteiger partial charge on any atom is -0.308 e. The first kappa shape index (κ1) is 13.0. The molecule has 1 fully saturated rings. The minimum absolute atomic E-state index is 0.345. The van der Waals surface area contributed by atoms with E-state index in [1.165, 1.54) is 24.3 Å². The molecule has 3 atom stereocenters. The highest BCUT2D eigenvalue weighted by Gasteiger charge is 2.28. The Balaban J connectivity index is 2.00. The molecule has 3 unspecified atom stereocenters. The van der Waals surface area contributed by atoms with Gasteiger partial charge in [-0.1, -0.05) is 38.0 Å². The summed E-state index contributed by atoms with van der Waals surface area (Å²) in [5, 5.41) is 14.6. The molecule has 2 rings (SSSR count). The summed E-state index contributed by atoms with van der Waals surface area (Å²) < 4.78 is 0. The van der Waals surface area contributed by atoms with Crippen molar-refractivity contribution in [2.45, 2.75) is 58.4 Å². The van der Waals surface area contributed by atoms with Gasteiger partial charge in [-0.15, -0.1) is 10.2 Å². The van der Waals surface area contributed by atoms with Crippen LogP contribution in [0.15, 0.2) is 0 Å². The smallest absolute Gasteiger partial charge is 0.134 e. The van der Waals surface area contributed by atoms with Crippen molar-refractivity contribution in [3.05, 3.63) is 10.0 Å². The summed E-state index contributed by atoms with van der Waals surface area (Å²) in [4.78, 5) is 0. The van der Waals surface area contributed by atoms with Gasteiger partial charge in [0.2, 0.25) is 0 Å². The molecule has 0 radical (unpaired) electrons. The van der Waals surface area contributed by atoms with E-state index in [0.717, 1.165) is 23.9 Å². The molecule has 1 aliphatic carbocycles. The van der Waals surface area contributed by atoms with Crippen LogP contribution in [0.1, 0.15) is 68.4 Å². The van der Waals surface area contributed by atoms with Gasteiger partial charge >= 0.3 is 0 Å². The Hall–Kier alpha value is -0.480. The summed E-state index contributed by atoms with van der Waals surface area (Å²) in [5.74, 6) is 1.45. The van der Waals surface area contributed by atoms with E-state index < -0.39 is 0 Å². The van der Waals surface area contributed by atoms with Crippen LogP contribution >= 0.6 is 11.3 Å². The van der Waals surface area contributed by atoms with Crippen molar-refractivity contribution in [1.29, 1.82) is 0 Å². The SMILES string of the molecule is CCCNC(C)c1nnc(C2CCCC2C)s1. The Morgan fingerprint density at radius 2 is 2.24 bits per heavy atom. The second kappa shape index (κ2) is 5.91. The fourth-order valence-corrected chi connectivity index (χ4v) is 3.67. The average molecular weight is 253 g/mol. The molecular formula is C13H23N3S. The lowest BCUT2D eigenvalue weighted by Gasteiger charge is -2.11. The molecule has 17 heavy (non-hydrogen) atoms. The maximum atomic E-state index is 4.41. The maximum absolute atomic E-state index is 4.41. The first-order valence-electron chi connectivity index (χ1n) is 6.79. The average Bonchev–Trinajstić information content (AvgIpc) is 2.93. The Labute approximate surface area is 108 Å². The van der Waals surface area contributed by atoms with Crippen LogP contribution in [0, 0.1) is 5.92 Å². The highest BCUT2D eigenvalue weighted by molar-refractivity contribution is 7.11. The van der Waals surface area contributed by atoms with Gasteiger partial charge in [-0.05, 0) is 32.2 Å². The number of nitrogens with one attached hydrogen (secondary N) is 1. The summed E-state index contributed by atoms with van der Waals surface area (Å²) in [6.07, 6.45) is 5.16. The fourth-order valence-electron chi connectivity index (χ4n) is 2.53. The molecule has 0 aromatic carbocycles. The van der Waals surface area contributed by atoms with Gasteiger partial charge in [0.05, 0.1) is 6.04 Å². The van der Waals surface area contributed by atoms with Gasteiger partial charge in [0.1, 0.15) is 10.0 Å². The van der Waals surface area contributed by atoms with Crippen molar-refractivity contribution in [1.82, 2.24) is 15.5 Å². The molecule has 1 aromatic rings. The highest BCUT2D eigenvalue weighted by atomic mass is 32.1. The van der Waals surface area contributed by atoms with Gasteiger partial charge in [0.25, 0.3) is 0 Å². The molecule has 1 N–H and O–H groups in total. The molecule has 96 valence electrons. The summed E-state index contributed by atoms with van der Waals surface area (Å²) in [6.45, 7) is 7.76. The zero-order valence-corrected chi connectivity index (χ0v) is 11.9. The molecule has 4 heteroatoms. The summed E-state index contributed by atoms with van der Waals surface area (Å²) in [6, 6.07) is 0.345. The topological polar surface area (TPSA) is 37.8 Å². The number of aromatic nitrogens is 2. The minimum atomic E-state index is 0.345. The molecule has 1 heterocycles. The normalized spacial score (nSPS) is 26.3. The summed E-state index contributed by atoms with van der Waals surface area (Å²) in [5.41, 5.74) is 0. The highest BCUT2D eigenvalue weighted by Crippen LogP contribution is 2.40. The van der Waals surface area contributed by atoms with Gasteiger partial charge in [0, 0.05) is 5.92 Å². The van der Waals surface area contributed by atoms with E-state index in [1.54, 1.807) is 0 Å². The second-order valence-corrected chi connectivity index (χ2v) is 6.21. The van der Waals surface area contributed by atoms with E-state index in [2.05, 4.69) is 36.3 Å². The maximum Gasteiger partial charge on any atom is 0.134 e. The molecule has 1 saturated carbocycles. The van der Waals surface area contributed by atoms with Crippen LogP contribution in [-0.4, -0.2) is 16.7 Å². The third-order valence-corrected chi connectivity index (χ3v) is 4.94. The van der Waals surface area contributed by atoms with Crippen molar-refractivity contribution in [3.63, 3.8) is 0 Å². The molecule has 1 aliphatic rings. The van der Waals surface area contributed by atoms with Gasteiger partial charge < -0.3 is 5.32 Å². The molecule has 0 spiro atoms. The van der Waals surface area contributed by atoms with Crippen LogP contribution < -0.4 is 5.32 Å². The van der Waals surface area contributed by atoms with Crippen LogP contribution in [0.3, 0.4) is 0 Å². The van der Waals surface area contributed by atoms with Gasteiger partial charge in [0.15, 0.2) is 0 Å². The van der Waals surface area contributed by atoms with E-state index in [0.29, 0.717) is 12.0 Å². The molecule has 1 aromatic heterocycles. The summed E-state index contributed by atoms with van der Waals surface area (Å²) in [7, 11) is 0. The number of nitrogens with zero attached hydrogens (tertiary/aromatic N) is 2. The predicted molar refractivity (Wildman–Crippen MR) is 72.4 cm³/mol. The molecule has 0 aliphatic heterocycles. The molecule has 3 nitrogen and oxygen atoms in total. The van der Waals surface area contributed by atoms with Crippen molar-refractivity contribution >= 4 is 11.3 Å². The van der Waals surface area contributed by atoms with E-state index in [1.807, 2.05) is 11.3 Å². The number of rotatable bonds is 5. The van der Waals surface area contributed by atoms with E-state index >= 15 is 0 Å². The van der Waals surface area contributed by atoms with Crippen molar-refractivity contribution in [3.8, 4) is 0 Å². The lowest BCUT2D eigenvalue weighted by Crippen LogP contribution is -2.19. The molecular weight excluding hydrogens is 230 g/mol. The Morgan fingerprint density at radius 1 is 1.41 bits per heavy atom. The Kier molecular flexibility index (Phi) is 4.51. The third kappa shape index (κ3) is 3.05. The first-order valence-corrected chi connectivity index (χ1v) is 7.60. The van der Waals surface area contributed by atoms with Crippen LogP contribution in [0.2, 0.25) is 0 Å². The van der Waals surface area contributed by atoms with Gasteiger partial charge in [-0.25, -0.2) is 0 Å². The quantitative estimate of drug-likeness (QED) is 0.872. The number of hydrogen-bond donors (Lipinski definition) is 1. The Bertz CT molecular complexity index is 350. The standard InChI is InChI=1S/C13H23N3S/c1-4-8-14-10(3)12-15-16-13(17-12)11-7-5-6-9(11)2/h9-11,14H,4-8H2,1-3H3. The van der Waals surface area contributed by atoms with Crippen LogP contribution in [0.25, 0.3) is 0 Å². The van der Waals surface area contributed by atoms with Gasteiger partial charge in [-0.2, -0.15) is 0 Å². The second-order valence-electron chi connectivity index (χ2n) is 5.17. The predicted octanol–water partition coefficient (Wildman–Crippen LogP) is 3.50. The van der Waals surface area contributed by atoms with Crippen molar-refractivity contribution in [2.24, 2.45) is 5.92 Å². The van der Waals surface area contributed by atoms with Crippen molar-refractivity contribution < 1.29 is 0 Å². The lowest BCUT2D eigenvalue weighted by atomic mass is 9.99. The monoisotopic (exact) mass is 253 g/mol. The van der Waals surface area contributed by atoms with Gasteiger partial charge in [-0.3, -0.25) is 0 Å². The summed E-state index contributed by atoms with van der Waals surface area (Å²) >= 11 is 1.81. The zero-order valence-electron chi connectivity index (χ0n) is 11.1. The van der Waals surface area contributed by atoms with Crippen LogP contribution in [0.4, 0.5) is 0 Å². The largest absolute Gasteiger partial charge is 0.308 e. The zero-order chi connectivity index (χ0) is 12.3. The van der Waals surface area contributed by atoms with Crippen molar-refractivity contribution in [2.75, 3.05) is 6.54 Å². The van der Waals surface area contributed by atoms with Crippen LogP contribution in [0.5, 0.6) is 0 Å². The molecule has 0 bridgehead atoms. The first-order chi connectivity index (χ1) is 8.22. The van der Waals surface area contributed by atoms with E-state index in [9.17, 15) is 0 Å². The third-order valence-electron chi connectivity index (χ3n) is 3.71. The fraction of sp³-hybridized carbons (Fsp3) is 0.846. The van der Waals surface area contributed by atoms with E-state index in [4.69, 9.17) is 0 Å². The number of hydrogen-bond acceptors (Lipinski definition) is 4. The Morgan fingerprint density at radius 3 is 2.88 bits per heavy atom. The van der Waals surface area contributed by atoms with Crippen LogP contribution in [-0.2, 0) is 0 Å². The lowest BCUT2D eigenvalue weighted by molar-refractivity contribution is 0.526. The van der Waals surface area contributed by atoms with E-state index in [-0.39, 0.29) is 0 Å². The molecule has 0 amide bonds.